The van der Waals surface area contributed by atoms with E-state index < -0.39 is 0 Å². The molecule has 1 aliphatic carbocycles. The molecule has 0 aromatic heterocycles. The monoisotopic (exact) mass is 245 g/mol. The third-order valence-corrected chi connectivity index (χ3v) is 4.12. The molecule has 0 saturated heterocycles. The summed E-state index contributed by atoms with van der Waals surface area (Å²) in [6.07, 6.45) is 0.886. The molecule has 1 atom stereocenters. The highest BCUT2D eigenvalue weighted by molar-refractivity contribution is 5.93. The lowest BCUT2D eigenvalue weighted by Crippen LogP contribution is -2.24. The van der Waals surface area contributed by atoms with E-state index in [9.17, 15) is 0 Å². The molecule has 1 heteroatoms. The van der Waals surface area contributed by atoms with Crippen LogP contribution in [0.2, 0.25) is 0 Å². The van der Waals surface area contributed by atoms with Gasteiger partial charge >= 0.3 is 0 Å². The first kappa shape index (κ1) is 10.8. The van der Waals surface area contributed by atoms with Crippen molar-refractivity contribution in [3.8, 4) is 0 Å². The number of hydrogen-bond acceptors (Lipinski definition) is 1. The summed E-state index contributed by atoms with van der Waals surface area (Å²) in [6.45, 7) is 0. The minimum absolute atomic E-state index is 0.259. The normalized spacial score (nSPS) is 20.3. The van der Waals surface area contributed by atoms with Gasteiger partial charge in [-0.15, -0.1) is 0 Å². The fourth-order valence-corrected chi connectivity index (χ4v) is 3.12. The van der Waals surface area contributed by atoms with Gasteiger partial charge in [-0.1, -0.05) is 66.7 Å². The van der Waals surface area contributed by atoms with Crippen molar-refractivity contribution in [1.29, 1.82) is 0 Å². The van der Waals surface area contributed by atoms with Crippen LogP contribution in [0.15, 0.2) is 66.7 Å². The fourth-order valence-electron chi connectivity index (χ4n) is 3.12. The highest BCUT2D eigenvalue weighted by Gasteiger charge is 2.47. The van der Waals surface area contributed by atoms with Gasteiger partial charge in [0.25, 0.3) is 0 Å². The summed E-state index contributed by atoms with van der Waals surface area (Å²) in [5.41, 5.74) is 10.3. The van der Waals surface area contributed by atoms with Gasteiger partial charge in [-0.2, -0.15) is 0 Å². The molecule has 2 N–H and O–H groups in total. The first-order valence-electron chi connectivity index (χ1n) is 6.64. The van der Waals surface area contributed by atoms with Gasteiger partial charge < -0.3 is 5.73 Å². The molecule has 1 aliphatic rings. The molecule has 4 rings (SSSR count). The van der Waals surface area contributed by atoms with Gasteiger partial charge in [-0.05, 0) is 33.9 Å². The largest absolute Gasteiger partial charge is 0.317 e. The van der Waals surface area contributed by atoms with Gasteiger partial charge in [0.1, 0.15) is 0 Å². The molecule has 0 amide bonds. The van der Waals surface area contributed by atoms with Crippen molar-refractivity contribution in [1.82, 2.24) is 0 Å². The van der Waals surface area contributed by atoms with Crippen LogP contribution >= 0.6 is 0 Å². The number of hydrogen-bond donors (Lipinski definition) is 1. The Hall–Kier alpha value is -2.12. The predicted molar refractivity (Wildman–Crippen MR) is 79.1 cm³/mol. The summed E-state index contributed by atoms with van der Waals surface area (Å²) in [6, 6.07) is 23.3. The molecule has 92 valence electrons. The Morgan fingerprint density at radius 3 is 2.37 bits per heavy atom. The van der Waals surface area contributed by atoms with Crippen LogP contribution in [0.1, 0.15) is 16.7 Å². The Morgan fingerprint density at radius 2 is 1.53 bits per heavy atom. The average molecular weight is 245 g/mol. The second-order valence-corrected chi connectivity index (χ2v) is 5.34. The van der Waals surface area contributed by atoms with Crippen LogP contribution in [0.3, 0.4) is 0 Å². The minimum atomic E-state index is -0.259. The Labute approximate surface area is 112 Å². The average Bonchev–Trinajstić information content (AvgIpc) is 3.05. The van der Waals surface area contributed by atoms with Crippen LogP contribution in [-0.2, 0) is 12.0 Å². The van der Waals surface area contributed by atoms with Gasteiger partial charge in [0.15, 0.2) is 0 Å². The summed E-state index contributed by atoms with van der Waals surface area (Å²) in [4.78, 5) is 0. The summed E-state index contributed by atoms with van der Waals surface area (Å²) in [5.74, 6) is 0. The predicted octanol–water partition coefficient (Wildman–Crippen LogP) is 3.60. The van der Waals surface area contributed by atoms with Gasteiger partial charge in [0, 0.05) is 0 Å². The molecular weight excluding hydrogens is 230 g/mol. The second kappa shape index (κ2) is 3.69. The van der Waals surface area contributed by atoms with Gasteiger partial charge in [-0.3, -0.25) is 0 Å². The zero-order chi connectivity index (χ0) is 12.9. The summed E-state index contributed by atoms with van der Waals surface area (Å²) >= 11 is 0. The van der Waals surface area contributed by atoms with Crippen molar-refractivity contribution in [3.63, 3.8) is 0 Å². The first-order chi connectivity index (χ1) is 9.29. The minimum Gasteiger partial charge on any atom is -0.317 e. The maximum absolute atomic E-state index is 6.62. The van der Waals surface area contributed by atoms with Crippen molar-refractivity contribution in [2.75, 3.05) is 0 Å². The van der Waals surface area contributed by atoms with Crippen molar-refractivity contribution in [2.24, 2.45) is 5.73 Å². The molecule has 1 nitrogen and oxygen atoms in total. The van der Waals surface area contributed by atoms with E-state index in [4.69, 9.17) is 5.73 Å². The Kier molecular flexibility index (Phi) is 2.09. The van der Waals surface area contributed by atoms with Gasteiger partial charge in [0.2, 0.25) is 0 Å². The van der Waals surface area contributed by atoms with Crippen molar-refractivity contribution in [2.45, 2.75) is 12.0 Å². The second-order valence-electron chi connectivity index (χ2n) is 5.34. The highest BCUT2D eigenvalue weighted by Crippen LogP contribution is 2.51. The molecule has 0 saturated carbocycles. The molecule has 0 bridgehead atoms. The first-order valence-corrected chi connectivity index (χ1v) is 6.64. The molecule has 19 heavy (non-hydrogen) atoms. The van der Waals surface area contributed by atoms with E-state index in [1.165, 1.54) is 27.5 Å². The Balaban J connectivity index is 1.79. The third-order valence-electron chi connectivity index (χ3n) is 4.12. The molecule has 1 unspecified atom stereocenters. The van der Waals surface area contributed by atoms with Crippen LogP contribution < -0.4 is 5.73 Å². The lowest BCUT2D eigenvalue weighted by atomic mass is 10.0. The van der Waals surface area contributed by atoms with E-state index in [2.05, 4.69) is 60.7 Å². The zero-order valence-corrected chi connectivity index (χ0v) is 10.6. The van der Waals surface area contributed by atoms with Crippen LogP contribution in [0, 0.1) is 0 Å². The zero-order valence-electron chi connectivity index (χ0n) is 10.6. The fraction of sp³-hybridized carbons (Fsp3) is 0.111. The summed E-state index contributed by atoms with van der Waals surface area (Å²) in [7, 11) is 0. The van der Waals surface area contributed by atoms with Crippen LogP contribution in [0.25, 0.3) is 10.8 Å². The van der Waals surface area contributed by atoms with Crippen molar-refractivity contribution in [3.05, 3.63) is 83.4 Å². The number of fused-ring (bicyclic) bond motifs is 3. The topological polar surface area (TPSA) is 26.0 Å². The van der Waals surface area contributed by atoms with E-state index in [1.807, 2.05) is 6.07 Å². The van der Waals surface area contributed by atoms with Gasteiger partial charge in [-0.25, -0.2) is 0 Å². The summed E-state index contributed by atoms with van der Waals surface area (Å²) < 4.78 is 0. The maximum atomic E-state index is 6.62. The molecule has 0 heterocycles. The van der Waals surface area contributed by atoms with E-state index in [0.29, 0.717) is 0 Å². The van der Waals surface area contributed by atoms with E-state index in [-0.39, 0.29) is 5.54 Å². The molecule has 0 spiro atoms. The van der Waals surface area contributed by atoms with E-state index >= 15 is 0 Å². The SMILES string of the molecule is NC1(Cc2ccccc2)c2ccc3ccccc3c21. The van der Waals surface area contributed by atoms with Crippen molar-refractivity contribution < 1.29 is 0 Å². The van der Waals surface area contributed by atoms with Crippen molar-refractivity contribution >= 4 is 10.8 Å². The molecule has 3 aromatic rings. The Bertz CT molecular complexity index is 761. The van der Waals surface area contributed by atoms with E-state index in [1.54, 1.807) is 0 Å². The number of nitrogens with two attached hydrogens (primary N) is 1. The lowest BCUT2D eigenvalue weighted by Gasteiger charge is -2.10. The molecule has 0 fully saturated rings. The lowest BCUT2D eigenvalue weighted by molar-refractivity contribution is 0.657. The van der Waals surface area contributed by atoms with E-state index in [0.717, 1.165) is 6.42 Å². The van der Waals surface area contributed by atoms with Crippen LogP contribution in [0.5, 0.6) is 0 Å². The Morgan fingerprint density at radius 1 is 0.789 bits per heavy atom. The molecular formula is C18H15N. The molecule has 3 aromatic carbocycles. The third kappa shape index (κ3) is 1.52. The smallest absolute Gasteiger partial charge is 0.0719 e. The van der Waals surface area contributed by atoms with Gasteiger partial charge in [0.05, 0.1) is 5.54 Å². The molecule has 0 aliphatic heterocycles. The highest BCUT2D eigenvalue weighted by atomic mass is 14.8. The quantitative estimate of drug-likeness (QED) is 0.733. The van der Waals surface area contributed by atoms with Crippen LogP contribution in [0.4, 0.5) is 0 Å². The summed E-state index contributed by atoms with van der Waals surface area (Å²) in [5, 5.41) is 2.58. The number of benzene rings is 3. The standard InChI is InChI=1S/C18H15N/c19-18(12-13-6-2-1-3-7-13)16-11-10-14-8-4-5-9-15(14)17(16)18/h1-11H,12,19H2. The van der Waals surface area contributed by atoms with Crippen LogP contribution in [-0.4, -0.2) is 0 Å². The maximum Gasteiger partial charge on any atom is 0.0719 e. The number of rotatable bonds is 2. The molecule has 0 radical (unpaired) electrons.